The summed E-state index contributed by atoms with van der Waals surface area (Å²) in [5, 5.41) is 14.1. The highest BCUT2D eigenvalue weighted by molar-refractivity contribution is 5.91. The summed E-state index contributed by atoms with van der Waals surface area (Å²) >= 11 is 0. The number of aryl methyl sites for hydroxylation is 2. The lowest BCUT2D eigenvalue weighted by Crippen LogP contribution is -2.47. The molecule has 2 heterocycles. The Bertz CT molecular complexity index is 840. The van der Waals surface area contributed by atoms with Gasteiger partial charge in [-0.3, -0.25) is 19.0 Å². The lowest BCUT2D eigenvalue weighted by molar-refractivity contribution is 0.0883. The first kappa shape index (κ1) is 19.0. The molecule has 1 aliphatic rings. The molecule has 1 aliphatic carbocycles. The summed E-state index contributed by atoms with van der Waals surface area (Å²) in [5.74, 6) is 0.000144. The van der Waals surface area contributed by atoms with Crippen molar-refractivity contribution in [3.05, 3.63) is 24.3 Å². The molecule has 3 unspecified atom stereocenters. The topological polar surface area (TPSA) is 120 Å². The fraction of sp³-hybridized carbons (Fsp3) is 0.647. The molecule has 2 N–H and O–H groups in total. The smallest absolute Gasteiger partial charge is 0.291 e. The Hall–Kier alpha value is -2.78. The van der Waals surface area contributed by atoms with Crippen LogP contribution in [0, 0.1) is 17.3 Å². The van der Waals surface area contributed by atoms with Crippen molar-refractivity contribution in [3.8, 4) is 0 Å². The van der Waals surface area contributed by atoms with E-state index in [2.05, 4.69) is 51.6 Å². The van der Waals surface area contributed by atoms with Gasteiger partial charge < -0.3 is 10.6 Å². The van der Waals surface area contributed by atoms with Gasteiger partial charge in [0.05, 0.1) is 0 Å². The summed E-state index contributed by atoms with van der Waals surface area (Å²) in [6, 6.07) is -0.0895. The van der Waals surface area contributed by atoms with Crippen LogP contribution in [-0.2, 0) is 14.1 Å². The number of hydrogen-bond acceptors (Lipinski definition) is 6. The minimum atomic E-state index is -0.317. The zero-order valence-corrected chi connectivity index (χ0v) is 16.3. The normalized spacial score (nSPS) is 24.0. The maximum absolute atomic E-state index is 12.5. The van der Waals surface area contributed by atoms with E-state index in [4.69, 9.17) is 0 Å². The average Bonchev–Trinajstić information content (AvgIpc) is 3.25. The van der Waals surface area contributed by atoms with Crippen LogP contribution in [-0.4, -0.2) is 53.9 Å². The van der Waals surface area contributed by atoms with Crippen LogP contribution in [0.2, 0.25) is 0 Å². The van der Waals surface area contributed by atoms with Gasteiger partial charge in [-0.25, -0.2) is 9.97 Å². The van der Waals surface area contributed by atoms with Crippen LogP contribution in [0.1, 0.15) is 48.4 Å². The van der Waals surface area contributed by atoms with E-state index < -0.39 is 0 Å². The lowest BCUT2D eigenvalue weighted by atomic mass is 9.80. The van der Waals surface area contributed by atoms with E-state index in [0.29, 0.717) is 6.54 Å². The number of carbonyl (C=O) groups is 2. The maximum atomic E-state index is 12.5. The van der Waals surface area contributed by atoms with Crippen molar-refractivity contribution in [2.75, 3.05) is 6.54 Å². The zero-order valence-electron chi connectivity index (χ0n) is 16.3. The van der Waals surface area contributed by atoms with Crippen molar-refractivity contribution >= 4 is 11.8 Å². The second kappa shape index (κ2) is 7.09. The van der Waals surface area contributed by atoms with Crippen LogP contribution in [0.25, 0.3) is 0 Å². The SMILES string of the molecule is CC1CC(C)(C)C(CNC(=O)c2ncn(C)n2)C1NC(=O)c1ncn(C)n1. The molecule has 0 radical (unpaired) electrons. The number of aromatic nitrogens is 6. The molecule has 2 aromatic rings. The Balaban J connectivity index is 1.69. The molecular formula is C17H26N8O2. The van der Waals surface area contributed by atoms with Crippen LogP contribution in [0.3, 0.4) is 0 Å². The van der Waals surface area contributed by atoms with E-state index in [1.54, 1.807) is 14.1 Å². The van der Waals surface area contributed by atoms with Gasteiger partial charge in [-0.05, 0) is 17.8 Å². The molecule has 0 bridgehead atoms. The van der Waals surface area contributed by atoms with Gasteiger partial charge in [-0.15, -0.1) is 10.2 Å². The number of carbonyl (C=O) groups excluding carboxylic acids is 2. The number of amides is 2. The van der Waals surface area contributed by atoms with Crippen LogP contribution in [0.15, 0.2) is 12.7 Å². The number of hydrogen-bond donors (Lipinski definition) is 2. The minimum Gasteiger partial charge on any atom is -0.349 e. The van der Waals surface area contributed by atoms with Crippen molar-refractivity contribution in [2.24, 2.45) is 31.3 Å². The standard InChI is InChI=1S/C17H26N8O2/c1-10-6-17(2,3)11(7-18-15(26)13-19-8-24(4)22-13)12(10)21-16(27)14-20-9-25(5)23-14/h8-12H,6-7H2,1-5H3,(H,18,26)(H,21,27). The molecule has 10 heteroatoms. The molecule has 1 saturated carbocycles. The van der Waals surface area contributed by atoms with Gasteiger partial charge in [0.25, 0.3) is 11.8 Å². The second-order valence-electron chi connectivity index (χ2n) is 7.97. The Morgan fingerprint density at radius 2 is 1.67 bits per heavy atom. The van der Waals surface area contributed by atoms with Crippen molar-refractivity contribution in [3.63, 3.8) is 0 Å². The summed E-state index contributed by atoms with van der Waals surface area (Å²) in [6.07, 6.45) is 3.92. The first-order valence-corrected chi connectivity index (χ1v) is 8.97. The Kier molecular flexibility index (Phi) is 4.99. The van der Waals surface area contributed by atoms with E-state index >= 15 is 0 Å². The zero-order chi connectivity index (χ0) is 19.8. The number of nitrogens with zero attached hydrogens (tertiary/aromatic N) is 6. The quantitative estimate of drug-likeness (QED) is 0.769. The molecule has 0 aliphatic heterocycles. The summed E-state index contributed by atoms with van der Waals surface area (Å²) in [7, 11) is 3.43. The van der Waals surface area contributed by atoms with E-state index in [9.17, 15) is 9.59 Å². The van der Waals surface area contributed by atoms with Gasteiger partial charge in [0.2, 0.25) is 11.6 Å². The molecule has 0 saturated heterocycles. The monoisotopic (exact) mass is 374 g/mol. The van der Waals surface area contributed by atoms with Crippen molar-refractivity contribution in [1.29, 1.82) is 0 Å². The second-order valence-corrected chi connectivity index (χ2v) is 7.97. The van der Waals surface area contributed by atoms with Gasteiger partial charge in [0, 0.05) is 32.6 Å². The summed E-state index contributed by atoms with van der Waals surface area (Å²) in [4.78, 5) is 32.8. The average molecular weight is 374 g/mol. The van der Waals surface area contributed by atoms with E-state index in [0.717, 1.165) is 6.42 Å². The largest absolute Gasteiger partial charge is 0.349 e. The van der Waals surface area contributed by atoms with Crippen molar-refractivity contribution < 1.29 is 9.59 Å². The Morgan fingerprint density at radius 1 is 1.11 bits per heavy atom. The summed E-state index contributed by atoms with van der Waals surface area (Å²) < 4.78 is 2.98. The van der Waals surface area contributed by atoms with Crippen LogP contribution in [0.5, 0.6) is 0 Å². The van der Waals surface area contributed by atoms with Gasteiger partial charge in [0.15, 0.2) is 0 Å². The van der Waals surface area contributed by atoms with E-state index in [1.807, 2.05) is 0 Å². The van der Waals surface area contributed by atoms with Gasteiger partial charge >= 0.3 is 0 Å². The number of nitrogens with one attached hydrogen (secondary N) is 2. The lowest BCUT2D eigenvalue weighted by Gasteiger charge is -2.31. The van der Waals surface area contributed by atoms with Gasteiger partial charge in [-0.2, -0.15) is 0 Å². The molecule has 3 atom stereocenters. The van der Waals surface area contributed by atoms with Crippen molar-refractivity contribution in [2.45, 2.75) is 33.2 Å². The molecule has 10 nitrogen and oxygen atoms in total. The van der Waals surface area contributed by atoms with E-state index in [1.165, 1.54) is 22.0 Å². The van der Waals surface area contributed by atoms with Crippen LogP contribution in [0.4, 0.5) is 0 Å². The molecular weight excluding hydrogens is 348 g/mol. The molecule has 2 aromatic heterocycles. The first-order chi connectivity index (χ1) is 12.7. The molecule has 2 amide bonds. The third-order valence-corrected chi connectivity index (χ3v) is 5.28. The molecule has 1 fully saturated rings. The predicted octanol–water partition coefficient (Wildman–Crippen LogP) is 0.154. The Labute approximate surface area is 157 Å². The van der Waals surface area contributed by atoms with Crippen molar-refractivity contribution in [1.82, 2.24) is 40.2 Å². The number of rotatable bonds is 5. The molecule has 0 aromatic carbocycles. The molecule has 146 valence electrons. The van der Waals surface area contributed by atoms with E-state index in [-0.39, 0.29) is 46.8 Å². The van der Waals surface area contributed by atoms with Gasteiger partial charge in [0.1, 0.15) is 12.7 Å². The first-order valence-electron chi connectivity index (χ1n) is 8.97. The summed E-state index contributed by atoms with van der Waals surface area (Å²) in [6.45, 7) is 6.85. The molecule has 3 rings (SSSR count). The molecule has 27 heavy (non-hydrogen) atoms. The fourth-order valence-electron chi connectivity index (χ4n) is 4.02. The van der Waals surface area contributed by atoms with Gasteiger partial charge in [-0.1, -0.05) is 20.8 Å². The van der Waals surface area contributed by atoms with Crippen LogP contribution < -0.4 is 10.6 Å². The fourth-order valence-corrected chi connectivity index (χ4v) is 4.02. The highest BCUT2D eigenvalue weighted by Crippen LogP contribution is 2.45. The summed E-state index contributed by atoms with van der Waals surface area (Å²) in [5.41, 5.74) is -0.0419. The van der Waals surface area contributed by atoms with Crippen LogP contribution >= 0.6 is 0 Å². The Morgan fingerprint density at radius 3 is 2.19 bits per heavy atom. The predicted molar refractivity (Wildman–Crippen MR) is 96.6 cm³/mol. The third kappa shape index (κ3) is 3.99. The highest BCUT2D eigenvalue weighted by Gasteiger charge is 2.47. The third-order valence-electron chi connectivity index (χ3n) is 5.28. The highest BCUT2D eigenvalue weighted by atomic mass is 16.2. The molecule has 0 spiro atoms. The maximum Gasteiger partial charge on any atom is 0.291 e. The minimum absolute atomic E-state index is 0.0419.